The van der Waals surface area contributed by atoms with E-state index < -0.39 is 0 Å². The van der Waals surface area contributed by atoms with Gasteiger partial charge in [0.15, 0.2) is 0 Å². The van der Waals surface area contributed by atoms with Crippen LogP contribution in [-0.4, -0.2) is 50.8 Å². The lowest BCUT2D eigenvalue weighted by Crippen LogP contribution is -2.41. The standard InChI is InChI=1S/C13H24N2O/c1-15-8-3-13(4-9-15)14-7-2-12-5-10-16-11-6-12/h5,13-14H,2-4,6-11H2,1H3. The highest BCUT2D eigenvalue weighted by Crippen LogP contribution is 2.12. The maximum Gasteiger partial charge on any atom is 0.0650 e. The fourth-order valence-electron chi connectivity index (χ4n) is 2.44. The average molecular weight is 224 g/mol. The van der Waals surface area contributed by atoms with Crippen molar-refractivity contribution in [3.63, 3.8) is 0 Å². The van der Waals surface area contributed by atoms with Gasteiger partial charge in [-0.1, -0.05) is 11.6 Å². The summed E-state index contributed by atoms with van der Waals surface area (Å²) in [6.45, 7) is 5.37. The highest BCUT2D eigenvalue weighted by atomic mass is 16.5. The number of likely N-dealkylation sites (tertiary alicyclic amines) is 1. The first-order valence-corrected chi connectivity index (χ1v) is 6.52. The Morgan fingerprint density at radius 2 is 2.25 bits per heavy atom. The van der Waals surface area contributed by atoms with Crippen molar-refractivity contribution in [3.05, 3.63) is 11.6 Å². The maximum absolute atomic E-state index is 5.31. The minimum absolute atomic E-state index is 0.747. The van der Waals surface area contributed by atoms with Gasteiger partial charge in [0.2, 0.25) is 0 Å². The summed E-state index contributed by atoms with van der Waals surface area (Å²) in [6.07, 6.45) is 7.20. The second-order valence-corrected chi connectivity index (χ2v) is 4.97. The first kappa shape index (κ1) is 12.1. The van der Waals surface area contributed by atoms with Crippen molar-refractivity contribution in [2.45, 2.75) is 31.7 Å². The van der Waals surface area contributed by atoms with Gasteiger partial charge in [0, 0.05) is 6.04 Å². The molecule has 2 aliphatic heterocycles. The van der Waals surface area contributed by atoms with E-state index in [-0.39, 0.29) is 0 Å². The van der Waals surface area contributed by atoms with E-state index in [2.05, 4.69) is 23.3 Å². The van der Waals surface area contributed by atoms with Gasteiger partial charge in [-0.25, -0.2) is 0 Å². The Hall–Kier alpha value is -0.380. The van der Waals surface area contributed by atoms with Crippen molar-refractivity contribution in [2.75, 3.05) is 39.9 Å². The van der Waals surface area contributed by atoms with Crippen LogP contribution in [0, 0.1) is 0 Å². The number of ether oxygens (including phenoxy) is 1. The summed E-state index contributed by atoms with van der Waals surface area (Å²) in [5, 5.41) is 3.68. The summed E-state index contributed by atoms with van der Waals surface area (Å²) in [6, 6.07) is 0.747. The Morgan fingerprint density at radius 3 is 2.94 bits per heavy atom. The molecule has 3 nitrogen and oxygen atoms in total. The monoisotopic (exact) mass is 224 g/mol. The van der Waals surface area contributed by atoms with Crippen LogP contribution in [0.2, 0.25) is 0 Å². The van der Waals surface area contributed by atoms with E-state index in [4.69, 9.17) is 4.74 Å². The van der Waals surface area contributed by atoms with E-state index in [1.807, 2.05) is 0 Å². The van der Waals surface area contributed by atoms with Gasteiger partial charge in [0.1, 0.15) is 0 Å². The minimum atomic E-state index is 0.747. The summed E-state index contributed by atoms with van der Waals surface area (Å²) < 4.78 is 5.31. The SMILES string of the molecule is CN1CCC(NCCC2=CCOCC2)CC1. The number of hydrogen-bond acceptors (Lipinski definition) is 3. The largest absolute Gasteiger partial charge is 0.377 e. The summed E-state index contributed by atoms with van der Waals surface area (Å²) in [4.78, 5) is 2.42. The summed E-state index contributed by atoms with van der Waals surface area (Å²) in [7, 11) is 2.21. The number of nitrogens with zero attached hydrogens (tertiary/aromatic N) is 1. The summed E-state index contributed by atoms with van der Waals surface area (Å²) >= 11 is 0. The van der Waals surface area contributed by atoms with Crippen LogP contribution < -0.4 is 5.32 Å². The highest BCUT2D eigenvalue weighted by Gasteiger charge is 2.15. The van der Waals surface area contributed by atoms with Gasteiger partial charge in [-0.05, 0) is 52.4 Å². The highest BCUT2D eigenvalue weighted by molar-refractivity contribution is 5.04. The van der Waals surface area contributed by atoms with E-state index in [1.54, 1.807) is 5.57 Å². The van der Waals surface area contributed by atoms with Crippen LogP contribution >= 0.6 is 0 Å². The molecule has 2 heterocycles. The average Bonchev–Trinajstić information content (AvgIpc) is 2.33. The third-order valence-electron chi connectivity index (χ3n) is 3.66. The van der Waals surface area contributed by atoms with Gasteiger partial charge >= 0.3 is 0 Å². The van der Waals surface area contributed by atoms with E-state index in [0.717, 1.165) is 32.2 Å². The van der Waals surface area contributed by atoms with E-state index >= 15 is 0 Å². The Balaban J connectivity index is 1.59. The van der Waals surface area contributed by atoms with Crippen LogP contribution in [-0.2, 0) is 4.74 Å². The molecule has 1 saturated heterocycles. The van der Waals surface area contributed by atoms with Crippen LogP contribution in [0.4, 0.5) is 0 Å². The number of rotatable bonds is 4. The smallest absolute Gasteiger partial charge is 0.0650 e. The van der Waals surface area contributed by atoms with Crippen molar-refractivity contribution >= 4 is 0 Å². The Bertz CT molecular complexity index is 232. The summed E-state index contributed by atoms with van der Waals surface area (Å²) in [5.74, 6) is 0. The molecule has 0 aliphatic carbocycles. The molecule has 0 saturated carbocycles. The zero-order chi connectivity index (χ0) is 11.2. The lowest BCUT2D eigenvalue weighted by Gasteiger charge is -2.29. The van der Waals surface area contributed by atoms with Crippen molar-refractivity contribution in [3.8, 4) is 0 Å². The predicted octanol–water partition coefficient (Wildman–Crippen LogP) is 1.41. The molecule has 0 aromatic heterocycles. The molecule has 0 atom stereocenters. The first-order chi connectivity index (χ1) is 7.84. The number of hydrogen-bond donors (Lipinski definition) is 1. The van der Waals surface area contributed by atoms with Crippen molar-refractivity contribution in [2.24, 2.45) is 0 Å². The van der Waals surface area contributed by atoms with Crippen LogP contribution in [0.25, 0.3) is 0 Å². The van der Waals surface area contributed by atoms with Crippen LogP contribution in [0.1, 0.15) is 25.7 Å². The molecule has 0 spiro atoms. The lowest BCUT2D eigenvalue weighted by molar-refractivity contribution is 0.153. The van der Waals surface area contributed by atoms with Gasteiger partial charge in [-0.3, -0.25) is 0 Å². The lowest BCUT2D eigenvalue weighted by atomic mass is 10.0. The van der Waals surface area contributed by atoms with E-state index in [1.165, 1.54) is 32.4 Å². The second-order valence-electron chi connectivity index (χ2n) is 4.97. The van der Waals surface area contributed by atoms with E-state index in [0.29, 0.717) is 0 Å². The zero-order valence-corrected chi connectivity index (χ0v) is 10.4. The fourth-order valence-corrected chi connectivity index (χ4v) is 2.44. The van der Waals surface area contributed by atoms with E-state index in [9.17, 15) is 0 Å². The quantitative estimate of drug-likeness (QED) is 0.731. The molecule has 0 aromatic rings. The molecule has 2 rings (SSSR count). The summed E-state index contributed by atoms with van der Waals surface area (Å²) in [5.41, 5.74) is 1.58. The first-order valence-electron chi connectivity index (χ1n) is 6.52. The van der Waals surface area contributed by atoms with Gasteiger partial charge < -0.3 is 15.0 Å². The van der Waals surface area contributed by atoms with Gasteiger partial charge in [0.25, 0.3) is 0 Å². The predicted molar refractivity (Wildman–Crippen MR) is 66.7 cm³/mol. The molecule has 0 aromatic carbocycles. The number of piperidine rings is 1. The van der Waals surface area contributed by atoms with Crippen molar-refractivity contribution < 1.29 is 4.74 Å². The molecule has 3 heteroatoms. The molecule has 92 valence electrons. The molecule has 1 N–H and O–H groups in total. The Labute approximate surface area is 98.8 Å². The zero-order valence-electron chi connectivity index (χ0n) is 10.4. The Kier molecular flexibility index (Phi) is 4.82. The molecule has 1 fully saturated rings. The third kappa shape index (κ3) is 3.89. The van der Waals surface area contributed by atoms with Crippen LogP contribution in [0.5, 0.6) is 0 Å². The minimum Gasteiger partial charge on any atom is -0.377 e. The number of nitrogens with one attached hydrogen (secondary N) is 1. The maximum atomic E-state index is 5.31. The van der Waals surface area contributed by atoms with Gasteiger partial charge in [-0.2, -0.15) is 0 Å². The molecule has 0 unspecified atom stereocenters. The molecule has 0 radical (unpaired) electrons. The van der Waals surface area contributed by atoms with Crippen molar-refractivity contribution in [1.29, 1.82) is 0 Å². The van der Waals surface area contributed by atoms with Crippen LogP contribution in [0.3, 0.4) is 0 Å². The molecular weight excluding hydrogens is 200 g/mol. The molecule has 2 aliphatic rings. The molecule has 0 bridgehead atoms. The molecule has 16 heavy (non-hydrogen) atoms. The third-order valence-corrected chi connectivity index (χ3v) is 3.66. The topological polar surface area (TPSA) is 24.5 Å². The second kappa shape index (κ2) is 6.38. The van der Waals surface area contributed by atoms with Gasteiger partial charge in [0.05, 0.1) is 13.2 Å². The molecule has 0 amide bonds. The van der Waals surface area contributed by atoms with Gasteiger partial charge in [-0.15, -0.1) is 0 Å². The normalized spacial score (nSPS) is 24.4. The van der Waals surface area contributed by atoms with Crippen LogP contribution in [0.15, 0.2) is 11.6 Å². The molecular formula is C13H24N2O. The Morgan fingerprint density at radius 1 is 1.44 bits per heavy atom. The fraction of sp³-hybridized carbons (Fsp3) is 0.846. The van der Waals surface area contributed by atoms with Crippen molar-refractivity contribution in [1.82, 2.24) is 10.2 Å².